The van der Waals surface area contributed by atoms with Crippen LogP contribution in [0.15, 0.2) is 30.6 Å². The van der Waals surface area contributed by atoms with Crippen molar-refractivity contribution in [2.24, 2.45) is 0 Å². The minimum absolute atomic E-state index is 0.0442. The summed E-state index contributed by atoms with van der Waals surface area (Å²) in [4.78, 5) is 10.5. The molecule has 0 spiro atoms. The molecule has 0 amide bonds. The number of H-pyrrole nitrogens is 1. The van der Waals surface area contributed by atoms with Gasteiger partial charge in [-0.25, -0.2) is 9.97 Å². The van der Waals surface area contributed by atoms with E-state index in [1.165, 1.54) is 0 Å². The normalized spacial score (nSPS) is 11.9. The average molecular weight is 467 g/mol. The van der Waals surface area contributed by atoms with Crippen LogP contribution in [0.2, 0.25) is 5.02 Å². The highest BCUT2D eigenvalue weighted by Gasteiger charge is 2.32. The molecule has 2 aromatic heterocycles. The van der Waals surface area contributed by atoms with Gasteiger partial charge >= 0.3 is 6.18 Å². The van der Waals surface area contributed by atoms with Gasteiger partial charge in [-0.15, -0.1) is 0 Å². The van der Waals surface area contributed by atoms with E-state index in [-0.39, 0.29) is 5.95 Å². The molecular formula is C15H11ClF3IN4. The molecule has 0 fully saturated rings. The first-order chi connectivity index (χ1) is 11.3. The molecule has 1 aromatic carbocycles. The first-order valence-corrected chi connectivity index (χ1v) is 8.39. The van der Waals surface area contributed by atoms with Crippen molar-refractivity contribution in [3.05, 3.63) is 50.4 Å². The van der Waals surface area contributed by atoms with Crippen LogP contribution in [0.4, 0.5) is 19.1 Å². The van der Waals surface area contributed by atoms with Crippen LogP contribution >= 0.6 is 34.2 Å². The maximum absolute atomic E-state index is 12.6. The Labute approximate surface area is 154 Å². The van der Waals surface area contributed by atoms with Crippen LogP contribution < -0.4 is 5.32 Å². The Balaban J connectivity index is 1.71. The van der Waals surface area contributed by atoms with Crippen LogP contribution in [0.3, 0.4) is 0 Å². The second-order valence-electron chi connectivity index (χ2n) is 5.06. The molecule has 2 N–H and O–H groups in total. The lowest BCUT2D eigenvalue weighted by atomic mass is 10.1. The van der Waals surface area contributed by atoms with Crippen molar-refractivity contribution in [2.75, 3.05) is 11.9 Å². The molecule has 0 bridgehead atoms. The summed E-state index contributed by atoms with van der Waals surface area (Å²) < 4.78 is 38.9. The molecule has 126 valence electrons. The highest BCUT2D eigenvalue weighted by molar-refractivity contribution is 14.1. The maximum atomic E-state index is 12.6. The van der Waals surface area contributed by atoms with E-state index in [9.17, 15) is 13.2 Å². The molecule has 0 atom stereocenters. The standard InChI is InChI=1S/C15H11ClF3IN4/c16-9-5-10-8(7-23-13(10)11(20)6-9)1-3-21-14-22-4-2-12(24-14)15(17,18)19/h2,4-7,23H,1,3H2,(H,21,22,24). The number of rotatable bonds is 4. The minimum Gasteiger partial charge on any atom is -0.360 e. The Bertz CT molecular complexity index is 879. The molecule has 0 saturated heterocycles. The average Bonchev–Trinajstić information content (AvgIpc) is 2.90. The van der Waals surface area contributed by atoms with E-state index in [0.717, 1.165) is 32.3 Å². The number of aromatic amines is 1. The Kier molecular flexibility index (Phi) is 4.86. The fourth-order valence-corrected chi connectivity index (χ4v) is 3.51. The fraction of sp³-hybridized carbons (Fsp3) is 0.200. The summed E-state index contributed by atoms with van der Waals surface area (Å²) in [6, 6.07) is 4.57. The number of hydrogen-bond donors (Lipinski definition) is 2. The third-order valence-corrected chi connectivity index (χ3v) is 4.48. The summed E-state index contributed by atoms with van der Waals surface area (Å²) in [6.45, 7) is 0.400. The summed E-state index contributed by atoms with van der Waals surface area (Å²) in [5.74, 6) is -0.0442. The van der Waals surface area contributed by atoms with E-state index in [0.29, 0.717) is 18.0 Å². The van der Waals surface area contributed by atoms with Gasteiger partial charge in [-0.1, -0.05) is 11.6 Å². The largest absolute Gasteiger partial charge is 0.433 e. The molecule has 0 aliphatic heterocycles. The Hall–Kier alpha value is -1.55. The minimum atomic E-state index is -4.48. The number of aromatic nitrogens is 3. The van der Waals surface area contributed by atoms with Gasteiger partial charge < -0.3 is 10.3 Å². The lowest BCUT2D eigenvalue weighted by Crippen LogP contribution is -2.13. The predicted molar refractivity (Wildman–Crippen MR) is 95.3 cm³/mol. The van der Waals surface area contributed by atoms with Crippen molar-refractivity contribution < 1.29 is 13.2 Å². The molecule has 3 aromatic rings. The van der Waals surface area contributed by atoms with E-state index < -0.39 is 11.9 Å². The topological polar surface area (TPSA) is 53.6 Å². The van der Waals surface area contributed by atoms with Gasteiger partial charge in [0.05, 0.1) is 5.52 Å². The van der Waals surface area contributed by atoms with E-state index in [2.05, 4.69) is 42.9 Å². The van der Waals surface area contributed by atoms with E-state index in [1.54, 1.807) is 0 Å². The van der Waals surface area contributed by atoms with Crippen molar-refractivity contribution in [3.8, 4) is 0 Å². The first-order valence-electron chi connectivity index (χ1n) is 6.94. The summed E-state index contributed by atoms with van der Waals surface area (Å²) in [7, 11) is 0. The third-order valence-electron chi connectivity index (χ3n) is 3.42. The van der Waals surface area contributed by atoms with E-state index in [4.69, 9.17) is 11.6 Å². The van der Waals surface area contributed by atoms with Gasteiger partial charge in [0.2, 0.25) is 5.95 Å². The van der Waals surface area contributed by atoms with Crippen LogP contribution in [0, 0.1) is 3.57 Å². The van der Waals surface area contributed by atoms with Crippen LogP contribution in [0.1, 0.15) is 11.3 Å². The zero-order valence-electron chi connectivity index (χ0n) is 12.1. The zero-order chi connectivity index (χ0) is 17.3. The monoisotopic (exact) mass is 466 g/mol. The predicted octanol–water partition coefficient (Wildman–Crippen LogP) is 4.89. The molecule has 0 unspecified atom stereocenters. The summed E-state index contributed by atoms with van der Waals surface area (Å²) in [5.41, 5.74) is 1.05. The molecule has 24 heavy (non-hydrogen) atoms. The first kappa shape index (κ1) is 17.3. The van der Waals surface area contributed by atoms with Gasteiger partial charge in [0.25, 0.3) is 0 Å². The summed E-state index contributed by atoms with van der Waals surface area (Å²) in [5, 5.41) is 4.46. The molecular weight excluding hydrogens is 456 g/mol. The Morgan fingerprint density at radius 2 is 2.08 bits per heavy atom. The molecule has 0 aliphatic rings. The van der Waals surface area contributed by atoms with Crippen molar-refractivity contribution in [1.29, 1.82) is 0 Å². The number of hydrogen-bond acceptors (Lipinski definition) is 3. The Morgan fingerprint density at radius 1 is 1.29 bits per heavy atom. The van der Waals surface area contributed by atoms with Crippen LogP contribution in [-0.2, 0) is 12.6 Å². The molecule has 4 nitrogen and oxygen atoms in total. The van der Waals surface area contributed by atoms with Crippen molar-refractivity contribution in [2.45, 2.75) is 12.6 Å². The highest BCUT2D eigenvalue weighted by atomic mass is 127. The van der Waals surface area contributed by atoms with Crippen LogP contribution in [-0.4, -0.2) is 21.5 Å². The van der Waals surface area contributed by atoms with Crippen LogP contribution in [0.25, 0.3) is 10.9 Å². The lowest BCUT2D eigenvalue weighted by molar-refractivity contribution is -0.141. The number of nitrogens with one attached hydrogen (secondary N) is 2. The third kappa shape index (κ3) is 3.75. The van der Waals surface area contributed by atoms with Gasteiger partial charge in [0, 0.05) is 32.9 Å². The number of alkyl halides is 3. The Morgan fingerprint density at radius 3 is 2.83 bits per heavy atom. The van der Waals surface area contributed by atoms with Gasteiger partial charge in [-0.3, -0.25) is 0 Å². The second kappa shape index (κ2) is 6.75. The maximum Gasteiger partial charge on any atom is 0.433 e. The highest BCUT2D eigenvalue weighted by Crippen LogP contribution is 2.28. The number of halogens is 5. The lowest BCUT2D eigenvalue weighted by Gasteiger charge is -2.08. The van der Waals surface area contributed by atoms with Gasteiger partial charge in [0.15, 0.2) is 0 Å². The smallest absolute Gasteiger partial charge is 0.360 e. The summed E-state index contributed by atoms with van der Waals surface area (Å²) >= 11 is 8.28. The fourth-order valence-electron chi connectivity index (χ4n) is 2.33. The molecule has 3 rings (SSSR count). The number of benzene rings is 1. The molecule has 9 heteroatoms. The van der Waals surface area contributed by atoms with Gasteiger partial charge in [-0.05, 0) is 52.8 Å². The SMILES string of the molecule is FC(F)(F)c1ccnc(NCCc2c[nH]c3c(I)cc(Cl)cc23)n1. The van der Waals surface area contributed by atoms with Crippen molar-refractivity contribution in [3.63, 3.8) is 0 Å². The van der Waals surface area contributed by atoms with Gasteiger partial charge in [0.1, 0.15) is 5.69 Å². The quantitative estimate of drug-likeness (QED) is 0.539. The molecule has 0 saturated carbocycles. The zero-order valence-corrected chi connectivity index (χ0v) is 15.0. The number of nitrogens with zero attached hydrogens (tertiary/aromatic N) is 2. The van der Waals surface area contributed by atoms with Crippen LogP contribution in [0.5, 0.6) is 0 Å². The second-order valence-corrected chi connectivity index (χ2v) is 6.66. The number of anilines is 1. The molecule has 0 aliphatic carbocycles. The number of fused-ring (bicyclic) bond motifs is 1. The molecule has 2 heterocycles. The van der Waals surface area contributed by atoms with Gasteiger partial charge in [-0.2, -0.15) is 13.2 Å². The van der Waals surface area contributed by atoms with E-state index in [1.807, 2.05) is 18.3 Å². The summed E-state index contributed by atoms with van der Waals surface area (Å²) in [6.07, 6.45) is -0.927. The van der Waals surface area contributed by atoms with Crippen molar-refractivity contribution >= 4 is 51.0 Å². The van der Waals surface area contributed by atoms with E-state index >= 15 is 0 Å². The molecule has 0 radical (unpaired) electrons. The van der Waals surface area contributed by atoms with Crippen molar-refractivity contribution in [1.82, 2.24) is 15.0 Å².